The van der Waals surface area contributed by atoms with Gasteiger partial charge < -0.3 is 14.9 Å². The lowest BCUT2D eigenvalue weighted by Crippen LogP contribution is -2.14. The van der Waals surface area contributed by atoms with Crippen molar-refractivity contribution in [2.45, 2.75) is 4.90 Å². The van der Waals surface area contributed by atoms with Gasteiger partial charge in [0, 0.05) is 11.1 Å². The normalized spacial score (nSPS) is 11.2. The van der Waals surface area contributed by atoms with E-state index in [1.54, 1.807) is 0 Å². The molecule has 0 atom stereocenters. The van der Waals surface area contributed by atoms with E-state index in [4.69, 9.17) is 11.6 Å². The lowest BCUT2D eigenvalue weighted by molar-refractivity contribution is 0.0597. The summed E-state index contributed by atoms with van der Waals surface area (Å²) in [6.45, 7) is 0. The van der Waals surface area contributed by atoms with Gasteiger partial charge in [-0.25, -0.2) is 17.6 Å². The number of carbonyl (C=O) groups excluding carboxylic acids is 1. The summed E-state index contributed by atoms with van der Waals surface area (Å²) in [5.41, 5.74) is -0.787. The monoisotopic (exact) mass is 453 g/mol. The first-order valence-electron chi connectivity index (χ1n) is 6.38. The Bertz CT molecular complexity index is 966. The number of ether oxygens (including phenoxy) is 1. The minimum atomic E-state index is -4.44. The maximum Gasteiger partial charge on any atom is 0.341 e. The van der Waals surface area contributed by atoms with E-state index < -0.39 is 43.9 Å². The molecule has 0 aliphatic rings. The van der Waals surface area contributed by atoms with Gasteiger partial charge in [0.25, 0.3) is 10.0 Å². The molecular weight excluding hydrogens is 445 g/mol. The average Bonchev–Trinajstić information content (AvgIpc) is 2.52. The lowest BCUT2D eigenvalue weighted by Gasteiger charge is -2.13. The number of sulfonamides is 1. The number of methoxy groups -OCH3 is 1. The van der Waals surface area contributed by atoms with Crippen LogP contribution in [0.15, 0.2) is 33.6 Å². The molecule has 0 aromatic heterocycles. The van der Waals surface area contributed by atoms with Crippen LogP contribution in [-0.2, 0) is 14.8 Å². The maximum absolute atomic E-state index is 13.3. The van der Waals surface area contributed by atoms with Crippen molar-refractivity contribution >= 4 is 49.2 Å². The Morgan fingerprint density at radius 2 is 1.92 bits per heavy atom. The lowest BCUT2D eigenvalue weighted by atomic mass is 10.2. The molecule has 0 spiro atoms. The Hall–Kier alpha value is -2.04. The fraction of sp³-hybridized carbons (Fsp3) is 0.0714. The molecule has 0 aliphatic heterocycles. The molecule has 0 radical (unpaired) electrons. The first-order valence-corrected chi connectivity index (χ1v) is 9.04. The molecule has 0 saturated heterocycles. The number of hydrogen-bond donors (Lipinski definition) is 3. The summed E-state index contributed by atoms with van der Waals surface area (Å²) in [6, 6.07) is 3.59. The van der Waals surface area contributed by atoms with Crippen LogP contribution in [0.4, 0.5) is 10.1 Å². The zero-order valence-electron chi connectivity index (χ0n) is 12.4. The van der Waals surface area contributed by atoms with Crippen LogP contribution in [0, 0.1) is 5.82 Å². The Kier molecular flexibility index (Phi) is 5.45. The van der Waals surface area contributed by atoms with Crippen molar-refractivity contribution in [1.82, 2.24) is 0 Å². The van der Waals surface area contributed by atoms with Gasteiger partial charge in [0.1, 0.15) is 22.0 Å². The van der Waals surface area contributed by atoms with Crippen molar-refractivity contribution in [3.05, 3.63) is 45.1 Å². The summed E-state index contributed by atoms with van der Waals surface area (Å²) in [5, 5.41) is 19.7. The number of benzene rings is 2. The highest BCUT2D eigenvalue weighted by molar-refractivity contribution is 9.10. The smallest absolute Gasteiger partial charge is 0.341 e. The number of phenols is 2. The molecule has 2 aromatic rings. The van der Waals surface area contributed by atoms with Crippen molar-refractivity contribution in [3.8, 4) is 11.5 Å². The van der Waals surface area contributed by atoms with Crippen molar-refractivity contribution in [1.29, 1.82) is 0 Å². The van der Waals surface area contributed by atoms with Gasteiger partial charge in [-0.2, -0.15) is 0 Å². The molecule has 0 unspecified atom stereocenters. The van der Waals surface area contributed by atoms with Crippen molar-refractivity contribution in [2.24, 2.45) is 0 Å². The summed E-state index contributed by atoms with van der Waals surface area (Å²) in [6.07, 6.45) is 0. The van der Waals surface area contributed by atoms with Crippen LogP contribution >= 0.6 is 27.5 Å². The predicted octanol–water partition coefficient (Wildman–Crippen LogP) is 3.24. The fourth-order valence-corrected chi connectivity index (χ4v) is 3.75. The summed E-state index contributed by atoms with van der Waals surface area (Å²) < 4.78 is 44.4. The van der Waals surface area contributed by atoms with Crippen LogP contribution in [0.1, 0.15) is 10.4 Å². The molecule has 0 fully saturated rings. The minimum Gasteiger partial charge on any atom is -0.506 e. The maximum atomic E-state index is 13.3. The van der Waals surface area contributed by atoms with Gasteiger partial charge in [-0.15, -0.1) is 0 Å². The van der Waals surface area contributed by atoms with E-state index in [-0.39, 0.29) is 15.1 Å². The molecule has 2 rings (SSSR count). The molecule has 7 nitrogen and oxygen atoms in total. The summed E-state index contributed by atoms with van der Waals surface area (Å²) in [7, 11) is -3.37. The van der Waals surface area contributed by atoms with Crippen LogP contribution in [0.3, 0.4) is 0 Å². The number of nitrogens with one attached hydrogen (secondary N) is 1. The van der Waals surface area contributed by atoms with Crippen LogP contribution in [0.25, 0.3) is 0 Å². The van der Waals surface area contributed by atoms with E-state index in [1.807, 2.05) is 4.72 Å². The fourth-order valence-electron chi connectivity index (χ4n) is 1.88. The van der Waals surface area contributed by atoms with Crippen molar-refractivity contribution < 1.29 is 32.6 Å². The average molecular weight is 455 g/mol. The number of carbonyl (C=O) groups is 1. The number of hydrogen-bond acceptors (Lipinski definition) is 6. The summed E-state index contributed by atoms with van der Waals surface area (Å²) in [4.78, 5) is 11.0. The molecule has 134 valence electrons. The molecule has 0 heterocycles. The number of rotatable bonds is 4. The highest BCUT2D eigenvalue weighted by Crippen LogP contribution is 2.35. The highest BCUT2D eigenvalue weighted by Gasteiger charge is 2.24. The van der Waals surface area contributed by atoms with Crippen LogP contribution in [0.5, 0.6) is 11.5 Å². The SMILES string of the molecule is COC(=O)c1cc(Cl)cc(NS(=O)(=O)c2cc(Br)c(F)cc2O)c1O. The number of esters is 1. The second kappa shape index (κ2) is 7.06. The molecule has 25 heavy (non-hydrogen) atoms. The first kappa shape index (κ1) is 19.3. The Morgan fingerprint density at radius 1 is 1.28 bits per heavy atom. The van der Waals surface area contributed by atoms with Crippen molar-refractivity contribution in [2.75, 3.05) is 11.8 Å². The second-order valence-corrected chi connectivity index (χ2v) is 7.62. The number of phenolic OH excluding ortho intramolecular Hbond substituents is 2. The van der Waals surface area contributed by atoms with E-state index >= 15 is 0 Å². The van der Waals surface area contributed by atoms with Gasteiger partial charge in [0.2, 0.25) is 0 Å². The third kappa shape index (κ3) is 3.97. The summed E-state index contributed by atoms with van der Waals surface area (Å²) in [5.74, 6) is -3.37. The molecule has 2 aromatic carbocycles. The Balaban J connectivity index is 2.54. The van der Waals surface area contributed by atoms with E-state index in [0.29, 0.717) is 6.07 Å². The molecule has 11 heteroatoms. The van der Waals surface area contributed by atoms with Gasteiger partial charge in [-0.05, 0) is 34.1 Å². The molecule has 0 bridgehead atoms. The van der Waals surface area contributed by atoms with Gasteiger partial charge in [0.05, 0.1) is 17.3 Å². The first-order chi connectivity index (χ1) is 11.6. The van der Waals surface area contributed by atoms with Crippen molar-refractivity contribution in [3.63, 3.8) is 0 Å². The molecular formula is C14H10BrClFNO6S. The topological polar surface area (TPSA) is 113 Å². The number of anilines is 1. The third-order valence-electron chi connectivity index (χ3n) is 3.02. The third-order valence-corrected chi connectivity index (χ3v) is 5.24. The largest absolute Gasteiger partial charge is 0.506 e. The van der Waals surface area contributed by atoms with Crippen LogP contribution < -0.4 is 4.72 Å². The van der Waals surface area contributed by atoms with E-state index in [1.165, 1.54) is 0 Å². The van der Waals surface area contributed by atoms with Crippen LogP contribution in [-0.4, -0.2) is 31.7 Å². The second-order valence-electron chi connectivity index (χ2n) is 4.68. The highest BCUT2D eigenvalue weighted by atomic mass is 79.9. The number of aromatic hydroxyl groups is 2. The zero-order chi connectivity index (χ0) is 18.9. The molecule has 0 saturated carbocycles. The molecule has 0 aliphatic carbocycles. The molecule has 0 amide bonds. The Labute approximate surface area is 155 Å². The molecule has 3 N–H and O–H groups in total. The van der Waals surface area contributed by atoms with Gasteiger partial charge in [0.15, 0.2) is 5.75 Å². The predicted molar refractivity (Wildman–Crippen MR) is 91.0 cm³/mol. The van der Waals surface area contributed by atoms with E-state index in [2.05, 4.69) is 20.7 Å². The van der Waals surface area contributed by atoms with Gasteiger partial charge >= 0.3 is 5.97 Å². The van der Waals surface area contributed by atoms with Gasteiger partial charge in [-0.1, -0.05) is 11.6 Å². The number of halogens is 3. The van der Waals surface area contributed by atoms with E-state index in [0.717, 1.165) is 25.3 Å². The van der Waals surface area contributed by atoms with Crippen LogP contribution in [0.2, 0.25) is 5.02 Å². The van der Waals surface area contributed by atoms with Gasteiger partial charge in [-0.3, -0.25) is 4.72 Å². The quantitative estimate of drug-likeness (QED) is 0.483. The summed E-state index contributed by atoms with van der Waals surface area (Å²) >= 11 is 8.63. The zero-order valence-corrected chi connectivity index (χ0v) is 15.5. The standard InChI is InChI=1S/C14H10BrClFNO6S/c1-24-14(21)7-2-6(16)3-10(13(7)20)18-25(22,23)12-4-8(15)9(17)5-11(12)19/h2-5,18-20H,1H3. The van der Waals surface area contributed by atoms with E-state index in [9.17, 15) is 27.8 Å². The Morgan fingerprint density at radius 3 is 2.52 bits per heavy atom. The minimum absolute atomic E-state index is 0.0552.